The van der Waals surface area contributed by atoms with Crippen molar-refractivity contribution < 1.29 is 34.4 Å². The number of Topliss-reactive ketones (excluding diaryl/α,β-unsaturated/α-hetero) is 1. The first kappa shape index (κ1) is 27.3. The molecule has 194 valence electrons. The Balaban J connectivity index is 2.14. The van der Waals surface area contributed by atoms with E-state index in [2.05, 4.69) is 6.58 Å². The molecule has 0 spiro atoms. The molecule has 8 atom stereocenters. The summed E-state index contributed by atoms with van der Waals surface area (Å²) in [6, 6.07) is 0. The van der Waals surface area contributed by atoms with Crippen molar-refractivity contribution in [2.75, 3.05) is 20.6 Å². The van der Waals surface area contributed by atoms with Gasteiger partial charge in [-0.2, -0.15) is 0 Å². The van der Waals surface area contributed by atoms with Gasteiger partial charge in [0.15, 0.2) is 17.5 Å². The van der Waals surface area contributed by atoms with Crippen LogP contribution in [-0.4, -0.2) is 87.7 Å². The summed E-state index contributed by atoms with van der Waals surface area (Å²) in [5.74, 6) is -1.76. The summed E-state index contributed by atoms with van der Waals surface area (Å²) in [5, 5.41) is 35.4. The zero-order valence-corrected chi connectivity index (χ0v) is 21.8. The SMILES string of the molecule is C=C[C@@]1(C)CC(=O)[C@]2(O)[C@@]3(C)[C@@H](O)CCC(C)(C)[C@@H]3[C@H](O)[C@H](OC(=O)CCCN(C)C)[C@@]2(C)O1. The van der Waals surface area contributed by atoms with E-state index in [1.807, 2.05) is 32.8 Å². The van der Waals surface area contributed by atoms with Gasteiger partial charge in [-0.3, -0.25) is 9.59 Å². The smallest absolute Gasteiger partial charge is 0.306 e. The van der Waals surface area contributed by atoms with Crippen molar-refractivity contribution in [2.45, 2.75) is 102 Å². The molecule has 0 aromatic carbocycles. The summed E-state index contributed by atoms with van der Waals surface area (Å²) >= 11 is 0. The van der Waals surface area contributed by atoms with Gasteiger partial charge in [0.25, 0.3) is 0 Å². The second-order valence-corrected chi connectivity index (χ2v) is 12.1. The Bertz CT molecular complexity index is 843. The van der Waals surface area contributed by atoms with Gasteiger partial charge in [-0.15, -0.1) is 6.58 Å². The van der Waals surface area contributed by atoms with Crippen molar-refractivity contribution in [3.8, 4) is 0 Å². The predicted molar refractivity (Wildman–Crippen MR) is 127 cm³/mol. The normalized spacial score (nSPS) is 45.9. The number of esters is 1. The highest BCUT2D eigenvalue weighted by atomic mass is 16.6. The number of aliphatic hydroxyl groups excluding tert-OH is 2. The lowest BCUT2D eigenvalue weighted by molar-refractivity contribution is -0.370. The molecule has 34 heavy (non-hydrogen) atoms. The molecule has 8 heteroatoms. The standard InChI is InChI=1S/C26H43NO7/c1-9-23(4)15-17(29)26(32)24(5)16(28)12-13-22(2,3)20(24)19(31)21(25(26,6)34-23)33-18(30)11-10-14-27(7)8/h9,16,19-21,28,31-32H,1,10-15H2,2-8H3/t16-,19-,20-,21-,23-,24-,25+,26-/m0/s1. The number of fused-ring (bicyclic) bond motifs is 3. The van der Waals surface area contributed by atoms with Crippen LogP contribution in [0.2, 0.25) is 0 Å². The summed E-state index contributed by atoms with van der Waals surface area (Å²) in [4.78, 5) is 28.7. The average molecular weight is 482 g/mol. The fraction of sp³-hybridized carbons (Fsp3) is 0.846. The average Bonchev–Trinajstić information content (AvgIpc) is 2.71. The zero-order valence-electron chi connectivity index (χ0n) is 21.8. The molecular weight excluding hydrogens is 438 g/mol. The van der Waals surface area contributed by atoms with E-state index in [1.165, 1.54) is 13.0 Å². The molecule has 3 rings (SSSR count). The molecule has 0 amide bonds. The molecule has 3 N–H and O–H groups in total. The van der Waals surface area contributed by atoms with E-state index in [-0.39, 0.29) is 12.8 Å². The number of aliphatic hydroxyl groups is 3. The van der Waals surface area contributed by atoms with Crippen LogP contribution in [0, 0.1) is 16.7 Å². The molecule has 1 heterocycles. The molecule has 3 fully saturated rings. The molecule has 1 saturated heterocycles. The Hall–Kier alpha value is -1.32. The van der Waals surface area contributed by atoms with E-state index in [9.17, 15) is 24.9 Å². The molecule has 0 aromatic rings. The fourth-order valence-corrected chi connectivity index (χ4v) is 7.22. The van der Waals surface area contributed by atoms with Crippen LogP contribution in [-0.2, 0) is 19.1 Å². The van der Waals surface area contributed by atoms with Crippen molar-refractivity contribution in [1.82, 2.24) is 4.90 Å². The van der Waals surface area contributed by atoms with Crippen LogP contribution in [0.5, 0.6) is 0 Å². The fourth-order valence-electron chi connectivity index (χ4n) is 7.22. The Labute approximate surface area is 203 Å². The number of hydrogen-bond donors (Lipinski definition) is 3. The number of ketones is 1. The molecule has 0 radical (unpaired) electrons. The maximum atomic E-state index is 13.8. The van der Waals surface area contributed by atoms with Crippen LogP contribution in [0.15, 0.2) is 12.7 Å². The highest BCUT2D eigenvalue weighted by Gasteiger charge is 2.81. The topological polar surface area (TPSA) is 117 Å². The molecule has 2 saturated carbocycles. The second kappa shape index (κ2) is 8.66. The molecule has 2 aliphatic carbocycles. The lowest BCUT2D eigenvalue weighted by atomic mass is 9.40. The number of carbonyl (C=O) groups excluding carboxylic acids is 2. The lowest BCUT2D eigenvalue weighted by Gasteiger charge is -2.71. The quantitative estimate of drug-likeness (QED) is 0.389. The number of nitrogens with zero attached hydrogens (tertiary/aromatic N) is 1. The van der Waals surface area contributed by atoms with Crippen molar-refractivity contribution in [3.05, 3.63) is 12.7 Å². The van der Waals surface area contributed by atoms with Gasteiger partial charge in [0.05, 0.1) is 17.8 Å². The third-order valence-electron chi connectivity index (χ3n) is 8.97. The maximum absolute atomic E-state index is 13.8. The van der Waals surface area contributed by atoms with Crippen molar-refractivity contribution in [2.24, 2.45) is 16.7 Å². The van der Waals surface area contributed by atoms with Gasteiger partial charge < -0.3 is 29.7 Å². The van der Waals surface area contributed by atoms with Gasteiger partial charge in [0.2, 0.25) is 0 Å². The first-order valence-electron chi connectivity index (χ1n) is 12.3. The summed E-state index contributed by atoms with van der Waals surface area (Å²) in [6.45, 7) is 13.3. The first-order chi connectivity index (χ1) is 15.5. The van der Waals surface area contributed by atoms with E-state index in [1.54, 1.807) is 13.8 Å². The molecule has 8 nitrogen and oxygen atoms in total. The Morgan fingerprint density at radius 1 is 1.24 bits per heavy atom. The van der Waals surface area contributed by atoms with Gasteiger partial charge in [0.1, 0.15) is 5.60 Å². The predicted octanol–water partition coefficient (Wildman–Crippen LogP) is 1.84. The monoisotopic (exact) mass is 481 g/mol. The van der Waals surface area contributed by atoms with E-state index in [4.69, 9.17) is 9.47 Å². The number of ether oxygens (including phenoxy) is 2. The number of hydrogen-bond acceptors (Lipinski definition) is 8. The summed E-state index contributed by atoms with van der Waals surface area (Å²) in [7, 11) is 3.82. The second-order valence-electron chi connectivity index (χ2n) is 12.1. The van der Waals surface area contributed by atoms with E-state index in [0.29, 0.717) is 25.8 Å². The molecule has 0 bridgehead atoms. The summed E-state index contributed by atoms with van der Waals surface area (Å²) < 4.78 is 12.3. The third-order valence-corrected chi connectivity index (χ3v) is 8.97. The molecule has 0 aromatic heterocycles. The summed E-state index contributed by atoms with van der Waals surface area (Å²) in [5.41, 5.74) is -7.10. The van der Waals surface area contributed by atoms with Crippen molar-refractivity contribution in [1.29, 1.82) is 0 Å². The highest BCUT2D eigenvalue weighted by molar-refractivity contribution is 5.92. The highest BCUT2D eigenvalue weighted by Crippen LogP contribution is 2.67. The van der Waals surface area contributed by atoms with Gasteiger partial charge in [0, 0.05) is 24.2 Å². The van der Waals surface area contributed by atoms with Gasteiger partial charge >= 0.3 is 5.97 Å². The molecule has 0 unspecified atom stereocenters. The minimum atomic E-state index is -2.20. The van der Waals surface area contributed by atoms with Crippen LogP contribution < -0.4 is 0 Å². The first-order valence-corrected chi connectivity index (χ1v) is 12.3. The maximum Gasteiger partial charge on any atom is 0.306 e. The van der Waals surface area contributed by atoms with Gasteiger partial charge in [-0.1, -0.05) is 26.8 Å². The van der Waals surface area contributed by atoms with Crippen LogP contribution in [0.1, 0.15) is 66.7 Å². The van der Waals surface area contributed by atoms with Crippen LogP contribution >= 0.6 is 0 Å². The van der Waals surface area contributed by atoms with Gasteiger partial charge in [-0.05, 0) is 59.2 Å². The van der Waals surface area contributed by atoms with Crippen LogP contribution in [0.3, 0.4) is 0 Å². The Kier molecular flexibility index (Phi) is 6.95. The third kappa shape index (κ3) is 3.77. The van der Waals surface area contributed by atoms with E-state index in [0.717, 1.165) is 0 Å². The van der Waals surface area contributed by atoms with E-state index >= 15 is 0 Å². The van der Waals surface area contributed by atoms with Gasteiger partial charge in [-0.25, -0.2) is 0 Å². The molecule has 3 aliphatic rings. The van der Waals surface area contributed by atoms with Crippen molar-refractivity contribution >= 4 is 11.8 Å². The number of rotatable bonds is 6. The number of carbonyl (C=O) groups is 2. The Morgan fingerprint density at radius 2 is 1.85 bits per heavy atom. The molecular formula is C26H43NO7. The van der Waals surface area contributed by atoms with Crippen LogP contribution in [0.25, 0.3) is 0 Å². The molecule has 1 aliphatic heterocycles. The van der Waals surface area contributed by atoms with E-state index < -0.39 is 63.6 Å². The van der Waals surface area contributed by atoms with Crippen molar-refractivity contribution in [3.63, 3.8) is 0 Å². The minimum Gasteiger partial charge on any atom is -0.456 e. The Morgan fingerprint density at radius 3 is 2.41 bits per heavy atom. The summed E-state index contributed by atoms with van der Waals surface area (Å²) in [6.07, 6.45) is -0.643. The lowest BCUT2D eigenvalue weighted by Crippen LogP contribution is -2.86. The minimum absolute atomic E-state index is 0.122. The zero-order chi connectivity index (χ0) is 25.9. The van der Waals surface area contributed by atoms with Crippen LogP contribution in [0.4, 0.5) is 0 Å². The largest absolute Gasteiger partial charge is 0.456 e.